The molecule has 0 aliphatic heterocycles. The summed E-state index contributed by atoms with van der Waals surface area (Å²) in [4.78, 5) is 11.9. The molecule has 1 aromatic carbocycles. The second kappa shape index (κ2) is 4.62. The Morgan fingerprint density at radius 1 is 1.42 bits per heavy atom. The maximum atomic E-state index is 13.3. The molecular weight excluding hydrogens is 247 g/mol. The number of rotatable bonds is 2. The third kappa shape index (κ3) is 2.58. The van der Waals surface area contributed by atoms with Crippen molar-refractivity contribution in [3.63, 3.8) is 0 Å². The standard InChI is InChI=1S/C13H17FN4O/c1-13(2,3)10(15)11-16-17-12(19)18(11)9-6-4-5-8(14)7-9/h4-7,10H,15H2,1-3H3,(H,17,19)/t10-/m1/s1. The van der Waals surface area contributed by atoms with E-state index >= 15 is 0 Å². The number of aromatic nitrogens is 3. The monoisotopic (exact) mass is 264 g/mol. The van der Waals surface area contributed by atoms with Gasteiger partial charge < -0.3 is 5.73 Å². The van der Waals surface area contributed by atoms with Crippen molar-refractivity contribution < 1.29 is 4.39 Å². The molecule has 0 saturated heterocycles. The predicted octanol–water partition coefficient (Wildman–Crippen LogP) is 1.75. The fraction of sp³-hybridized carbons (Fsp3) is 0.385. The third-order valence-corrected chi connectivity index (χ3v) is 2.98. The summed E-state index contributed by atoms with van der Waals surface area (Å²) in [6, 6.07) is 5.32. The highest BCUT2D eigenvalue weighted by atomic mass is 19.1. The molecule has 19 heavy (non-hydrogen) atoms. The molecule has 1 aromatic heterocycles. The van der Waals surface area contributed by atoms with Crippen LogP contribution in [-0.4, -0.2) is 14.8 Å². The highest BCUT2D eigenvalue weighted by Crippen LogP contribution is 2.29. The number of nitrogens with zero attached hydrogens (tertiary/aromatic N) is 2. The Kier molecular flexibility index (Phi) is 3.28. The Balaban J connectivity index is 2.59. The number of aromatic amines is 1. The summed E-state index contributed by atoms with van der Waals surface area (Å²) >= 11 is 0. The molecule has 0 radical (unpaired) electrons. The van der Waals surface area contributed by atoms with Gasteiger partial charge in [-0.2, -0.15) is 5.10 Å². The first kappa shape index (κ1) is 13.5. The molecule has 0 unspecified atom stereocenters. The Hall–Kier alpha value is -1.95. The molecule has 0 bridgehead atoms. The molecule has 6 heteroatoms. The van der Waals surface area contributed by atoms with Crippen molar-refractivity contribution >= 4 is 0 Å². The first-order valence-corrected chi connectivity index (χ1v) is 5.99. The summed E-state index contributed by atoms with van der Waals surface area (Å²) in [6.45, 7) is 5.85. The van der Waals surface area contributed by atoms with Gasteiger partial charge in [0.1, 0.15) is 5.82 Å². The van der Waals surface area contributed by atoms with Gasteiger partial charge in [-0.05, 0) is 23.6 Å². The van der Waals surface area contributed by atoms with Crippen LogP contribution >= 0.6 is 0 Å². The van der Waals surface area contributed by atoms with Crippen LogP contribution in [0.1, 0.15) is 32.6 Å². The maximum Gasteiger partial charge on any atom is 0.347 e. The van der Waals surface area contributed by atoms with Gasteiger partial charge in [0.15, 0.2) is 5.82 Å². The first-order chi connectivity index (χ1) is 8.80. The number of benzene rings is 1. The minimum atomic E-state index is -0.449. The van der Waals surface area contributed by atoms with Gasteiger partial charge in [0.2, 0.25) is 0 Å². The molecule has 2 rings (SSSR count). The lowest BCUT2D eigenvalue weighted by atomic mass is 9.87. The van der Waals surface area contributed by atoms with Crippen molar-refractivity contribution in [2.24, 2.45) is 11.1 Å². The summed E-state index contributed by atoms with van der Waals surface area (Å²) in [6.07, 6.45) is 0. The van der Waals surface area contributed by atoms with Gasteiger partial charge >= 0.3 is 5.69 Å². The molecular formula is C13H17FN4O. The van der Waals surface area contributed by atoms with Crippen molar-refractivity contribution in [2.75, 3.05) is 0 Å². The van der Waals surface area contributed by atoms with E-state index < -0.39 is 17.5 Å². The zero-order valence-corrected chi connectivity index (χ0v) is 11.1. The minimum absolute atomic E-state index is 0.267. The number of halogens is 1. The van der Waals surface area contributed by atoms with Gasteiger partial charge in [0, 0.05) is 0 Å². The Morgan fingerprint density at radius 2 is 2.11 bits per heavy atom. The van der Waals surface area contributed by atoms with Crippen molar-refractivity contribution in [1.29, 1.82) is 0 Å². The average molecular weight is 264 g/mol. The van der Waals surface area contributed by atoms with Crippen LogP contribution in [0, 0.1) is 11.2 Å². The second-order valence-electron chi connectivity index (χ2n) is 5.55. The normalized spacial score (nSPS) is 13.5. The molecule has 5 nitrogen and oxygen atoms in total. The summed E-state index contributed by atoms with van der Waals surface area (Å²) in [5.41, 5.74) is 5.84. The smallest absolute Gasteiger partial charge is 0.321 e. The molecule has 0 aliphatic rings. The fourth-order valence-corrected chi connectivity index (χ4v) is 1.77. The van der Waals surface area contributed by atoms with Gasteiger partial charge in [-0.15, -0.1) is 0 Å². The van der Waals surface area contributed by atoms with Crippen LogP contribution in [0.25, 0.3) is 5.69 Å². The van der Waals surface area contributed by atoms with Crippen molar-refractivity contribution in [3.8, 4) is 5.69 Å². The van der Waals surface area contributed by atoms with Gasteiger partial charge in [-0.3, -0.25) is 0 Å². The number of hydrogen-bond acceptors (Lipinski definition) is 3. The van der Waals surface area contributed by atoms with E-state index in [-0.39, 0.29) is 5.41 Å². The lowest BCUT2D eigenvalue weighted by molar-refractivity contribution is 0.312. The largest absolute Gasteiger partial charge is 0.347 e. The zero-order chi connectivity index (χ0) is 14.2. The Labute approximate surface area is 110 Å². The molecule has 0 fully saturated rings. The molecule has 1 atom stereocenters. The molecule has 2 aromatic rings. The fourth-order valence-electron chi connectivity index (χ4n) is 1.77. The van der Waals surface area contributed by atoms with Gasteiger partial charge in [0.05, 0.1) is 11.7 Å². The quantitative estimate of drug-likeness (QED) is 0.867. The zero-order valence-electron chi connectivity index (χ0n) is 11.1. The second-order valence-corrected chi connectivity index (χ2v) is 5.55. The Morgan fingerprint density at radius 3 is 2.68 bits per heavy atom. The summed E-state index contributed by atoms with van der Waals surface area (Å²) < 4.78 is 14.6. The highest BCUT2D eigenvalue weighted by Gasteiger charge is 2.28. The van der Waals surface area contributed by atoms with Crippen LogP contribution in [0.5, 0.6) is 0 Å². The van der Waals surface area contributed by atoms with E-state index in [0.29, 0.717) is 11.5 Å². The van der Waals surface area contributed by atoms with E-state index in [0.717, 1.165) is 0 Å². The van der Waals surface area contributed by atoms with E-state index in [4.69, 9.17) is 5.73 Å². The Bertz CT molecular complexity index is 639. The topological polar surface area (TPSA) is 76.7 Å². The molecule has 0 amide bonds. The summed E-state index contributed by atoms with van der Waals surface area (Å²) in [5, 5.41) is 6.33. The van der Waals surface area contributed by atoms with Crippen LogP contribution in [-0.2, 0) is 0 Å². The molecule has 1 heterocycles. The molecule has 0 spiro atoms. The molecule has 3 N–H and O–H groups in total. The van der Waals surface area contributed by atoms with Gasteiger partial charge in [-0.1, -0.05) is 26.8 Å². The van der Waals surface area contributed by atoms with E-state index in [1.807, 2.05) is 20.8 Å². The number of nitrogens with one attached hydrogen (secondary N) is 1. The number of hydrogen-bond donors (Lipinski definition) is 2. The van der Waals surface area contributed by atoms with E-state index in [1.54, 1.807) is 6.07 Å². The third-order valence-electron chi connectivity index (χ3n) is 2.98. The summed E-state index contributed by atoms with van der Waals surface area (Å²) in [5.74, 6) is -0.0241. The molecule has 0 aliphatic carbocycles. The molecule has 0 saturated carbocycles. The van der Waals surface area contributed by atoms with Crippen LogP contribution in [0.15, 0.2) is 29.1 Å². The highest BCUT2D eigenvalue weighted by molar-refractivity contribution is 5.33. The van der Waals surface area contributed by atoms with Gasteiger partial charge in [-0.25, -0.2) is 18.9 Å². The van der Waals surface area contributed by atoms with Gasteiger partial charge in [0.25, 0.3) is 0 Å². The summed E-state index contributed by atoms with van der Waals surface area (Å²) in [7, 11) is 0. The van der Waals surface area contributed by atoms with Crippen LogP contribution < -0.4 is 11.4 Å². The number of nitrogens with two attached hydrogens (primary N) is 1. The molecule has 102 valence electrons. The predicted molar refractivity (Wildman–Crippen MR) is 70.5 cm³/mol. The number of H-pyrrole nitrogens is 1. The first-order valence-electron chi connectivity index (χ1n) is 5.99. The SMILES string of the molecule is CC(C)(C)[C@H](N)c1n[nH]c(=O)n1-c1cccc(F)c1. The van der Waals surface area contributed by atoms with Crippen molar-refractivity contribution in [2.45, 2.75) is 26.8 Å². The van der Waals surface area contributed by atoms with E-state index in [9.17, 15) is 9.18 Å². The lowest BCUT2D eigenvalue weighted by Gasteiger charge is -2.26. The van der Waals surface area contributed by atoms with E-state index in [2.05, 4.69) is 10.2 Å². The lowest BCUT2D eigenvalue weighted by Crippen LogP contribution is -2.30. The van der Waals surface area contributed by atoms with Crippen LogP contribution in [0.2, 0.25) is 0 Å². The van der Waals surface area contributed by atoms with Crippen molar-refractivity contribution in [1.82, 2.24) is 14.8 Å². The van der Waals surface area contributed by atoms with E-state index in [1.165, 1.54) is 22.8 Å². The average Bonchev–Trinajstić information content (AvgIpc) is 2.68. The van der Waals surface area contributed by atoms with Crippen LogP contribution in [0.3, 0.4) is 0 Å². The van der Waals surface area contributed by atoms with Crippen LogP contribution in [0.4, 0.5) is 4.39 Å². The minimum Gasteiger partial charge on any atom is -0.321 e. The van der Waals surface area contributed by atoms with Crippen molar-refractivity contribution in [3.05, 3.63) is 46.4 Å². The maximum absolute atomic E-state index is 13.3.